The van der Waals surface area contributed by atoms with E-state index in [-0.39, 0.29) is 49.6 Å². The summed E-state index contributed by atoms with van der Waals surface area (Å²) in [5.74, 6) is -9.72. The Labute approximate surface area is 121 Å². The van der Waals surface area contributed by atoms with Crippen molar-refractivity contribution in [3.05, 3.63) is 29.1 Å². The van der Waals surface area contributed by atoms with Crippen LogP contribution in [-0.4, -0.2) is 43.3 Å². The monoisotopic (exact) mass is 503 g/mol. The van der Waals surface area contributed by atoms with Crippen LogP contribution >= 0.6 is 0 Å². The van der Waals surface area contributed by atoms with E-state index >= 15 is 0 Å². The van der Waals surface area contributed by atoms with E-state index in [0.717, 1.165) is 0 Å². The van der Waals surface area contributed by atoms with Gasteiger partial charge in [0.1, 0.15) is 0 Å². The van der Waals surface area contributed by atoms with Crippen LogP contribution in [0, 0.1) is 29.1 Å². The van der Waals surface area contributed by atoms with E-state index in [0.29, 0.717) is 0 Å². The van der Waals surface area contributed by atoms with Crippen molar-refractivity contribution >= 4 is 47.8 Å². The van der Waals surface area contributed by atoms with Crippen LogP contribution in [0.5, 0.6) is 0 Å². The Hall–Kier alpha value is 0.312. The molecule has 4 radical (unpaired) electrons. The zero-order valence-corrected chi connectivity index (χ0v) is 11.4. The van der Waals surface area contributed by atoms with Crippen LogP contribution in [0.1, 0.15) is 22.3 Å². The van der Waals surface area contributed by atoms with E-state index < -0.39 is 33.5 Å². The predicted molar refractivity (Wildman–Crippen MR) is 57.6 cm³/mol. The first kappa shape index (κ1) is 25.2. The molecule has 0 aromatic heterocycles. The number of benzene rings is 1. The second kappa shape index (κ2) is 9.35. The molecule has 0 nitrogen and oxygen atoms in total. The Morgan fingerprint density at radius 3 is 1.00 bits per heavy atom. The summed E-state index contributed by atoms with van der Waals surface area (Å²) in [6.07, 6.45) is 0. The van der Waals surface area contributed by atoms with Crippen molar-refractivity contribution in [2.75, 3.05) is 0 Å². The van der Waals surface area contributed by atoms with Crippen molar-refractivity contribution < 1.29 is 22.0 Å². The summed E-state index contributed by atoms with van der Waals surface area (Å²) >= 11 is 1.75. The average Bonchev–Trinajstić information content (AvgIpc) is 2.08. The number of hydrogen-bond acceptors (Lipinski definition) is 0. The molecule has 16 heavy (non-hydrogen) atoms. The van der Waals surface area contributed by atoms with Gasteiger partial charge in [0.2, 0.25) is 0 Å². The average molecular weight is 501 g/mol. The van der Waals surface area contributed by atoms with Gasteiger partial charge in [-0.3, -0.25) is 0 Å². The normalized spacial score (nSPS) is 7.81. The fourth-order valence-corrected chi connectivity index (χ4v) is 0.961. The zero-order chi connectivity index (χ0) is 9.46. The van der Waals surface area contributed by atoms with Gasteiger partial charge >= 0.3 is 71.5 Å². The summed E-state index contributed by atoms with van der Waals surface area (Å²) in [6, 6.07) is 0. The molecule has 0 N–H and O–H groups in total. The van der Waals surface area contributed by atoms with Gasteiger partial charge in [0, 0.05) is 27.3 Å². The fourth-order valence-electron chi connectivity index (χ4n) is 0.585. The Kier molecular flexibility index (Phi) is 14.7. The molecule has 0 bridgehead atoms. The fraction of sp³-hybridized carbons (Fsp3) is 0.333. The summed E-state index contributed by atoms with van der Waals surface area (Å²) in [4.78, 5) is 0. The third-order valence-corrected chi connectivity index (χ3v) is 1.92. The molecule has 7 heteroatoms. The first-order valence-electron chi connectivity index (χ1n) is 2.65. The molecular weight excluding hydrogens is 489 g/mol. The Balaban J connectivity index is -0.000000180. The zero-order valence-electron chi connectivity index (χ0n) is 5.80. The van der Waals surface area contributed by atoms with Gasteiger partial charge in [0.15, 0.2) is 0 Å². The van der Waals surface area contributed by atoms with E-state index in [2.05, 4.69) is 0 Å². The van der Waals surface area contributed by atoms with Gasteiger partial charge in [-0.25, -0.2) is 0 Å². The molecule has 0 fully saturated rings. The van der Waals surface area contributed by atoms with Gasteiger partial charge in [-0.15, -0.1) is 0 Å². The molecule has 0 atom stereocenters. The van der Waals surface area contributed by atoms with Gasteiger partial charge in [-0.1, -0.05) is 22.3 Å². The van der Waals surface area contributed by atoms with Crippen LogP contribution in [-0.2, 0) is 0 Å². The third kappa shape index (κ3) is 4.29. The summed E-state index contributed by atoms with van der Waals surface area (Å²) in [5.41, 5.74) is 0. The summed E-state index contributed by atoms with van der Waals surface area (Å²) in [6.45, 7) is 0. The summed E-state index contributed by atoms with van der Waals surface area (Å²) < 4.78 is 60.5. The molecule has 94 valence electrons. The van der Waals surface area contributed by atoms with Crippen molar-refractivity contribution in [2.24, 2.45) is 0 Å². The molecule has 0 spiro atoms. The maximum Gasteiger partial charge on any atom is 0 e. The van der Waals surface area contributed by atoms with E-state index in [1.165, 1.54) is 0 Å². The number of hydrogen-bond donors (Lipinski definition) is 0. The van der Waals surface area contributed by atoms with Crippen LogP contribution in [0.3, 0.4) is 0 Å². The maximum absolute atomic E-state index is 12.4. The van der Waals surface area contributed by atoms with Gasteiger partial charge in [0.05, 0.1) is 0 Å². The van der Waals surface area contributed by atoms with E-state index in [9.17, 15) is 22.0 Å². The molecule has 1 rings (SSSR count). The van der Waals surface area contributed by atoms with Crippen LogP contribution < -0.4 is 4.46 Å². The van der Waals surface area contributed by atoms with Crippen molar-refractivity contribution in [1.29, 1.82) is 0 Å². The van der Waals surface area contributed by atoms with Crippen molar-refractivity contribution in [3.8, 4) is 0 Å². The summed E-state index contributed by atoms with van der Waals surface area (Å²) in [7, 11) is 0. The largest absolute Gasteiger partial charge is 0 e. The Morgan fingerprint density at radius 2 is 0.750 bits per heavy atom. The first-order chi connectivity index (χ1) is 5.46. The molecular formula is C9H12F5PbSe-. The van der Waals surface area contributed by atoms with Crippen LogP contribution in [0.4, 0.5) is 22.0 Å². The SMILES string of the molecule is C.C.C.Fc1c(F)c(F)c([Se-])c(F)c1F.[Pb]. The molecule has 0 aliphatic carbocycles. The molecule has 1 aromatic carbocycles. The first-order valence-corrected chi connectivity index (χ1v) is 3.51. The van der Waals surface area contributed by atoms with Crippen molar-refractivity contribution in [3.63, 3.8) is 0 Å². The Bertz CT molecular complexity index is 238. The minimum atomic E-state index is -2.15. The van der Waals surface area contributed by atoms with Crippen LogP contribution in [0.25, 0.3) is 0 Å². The minimum Gasteiger partial charge on any atom is 0 e. The smallest absolute Gasteiger partial charge is 0 e. The van der Waals surface area contributed by atoms with Crippen molar-refractivity contribution in [2.45, 2.75) is 22.3 Å². The maximum atomic E-state index is 12.4. The molecule has 0 saturated carbocycles. The third-order valence-electron chi connectivity index (χ3n) is 1.17. The van der Waals surface area contributed by atoms with Gasteiger partial charge in [-0.05, 0) is 0 Å². The molecule has 0 heterocycles. The van der Waals surface area contributed by atoms with E-state index in [4.69, 9.17) is 0 Å². The van der Waals surface area contributed by atoms with Gasteiger partial charge in [-0.2, -0.15) is 0 Å². The predicted octanol–water partition coefficient (Wildman–Crippen LogP) is 2.70. The second-order valence-electron chi connectivity index (χ2n) is 1.90. The van der Waals surface area contributed by atoms with Gasteiger partial charge < -0.3 is 0 Å². The molecule has 0 amide bonds. The minimum absolute atomic E-state index is 0. The quantitative estimate of drug-likeness (QED) is 0.222. The topological polar surface area (TPSA) is 0 Å². The Morgan fingerprint density at radius 1 is 0.562 bits per heavy atom. The summed E-state index contributed by atoms with van der Waals surface area (Å²) in [5, 5.41) is 0. The standard InChI is InChI=1S/C6HF5Se.3CH4.Pb/c7-1-2(8)4(10)6(12)5(11)3(1)9;;;;/h12H;3*1H4;/p-1. The number of halogens is 5. The number of rotatable bonds is 0. The molecule has 0 aliphatic heterocycles. The molecule has 0 unspecified atom stereocenters. The van der Waals surface area contributed by atoms with E-state index in [1.807, 2.05) is 0 Å². The van der Waals surface area contributed by atoms with Crippen LogP contribution in [0.15, 0.2) is 0 Å². The molecule has 0 aliphatic rings. The molecule has 0 saturated heterocycles. The van der Waals surface area contributed by atoms with Crippen molar-refractivity contribution in [1.82, 2.24) is 0 Å². The van der Waals surface area contributed by atoms with Gasteiger partial charge in [0.25, 0.3) is 0 Å². The van der Waals surface area contributed by atoms with E-state index in [1.54, 1.807) is 16.0 Å². The second-order valence-corrected chi connectivity index (χ2v) is 2.76. The molecule has 1 aromatic rings. The van der Waals surface area contributed by atoms with Crippen LogP contribution in [0.2, 0.25) is 0 Å².